The second-order valence-electron chi connectivity index (χ2n) is 4.37. The summed E-state index contributed by atoms with van der Waals surface area (Å²) >= 11 is 0. The summed E-state index contributed by atoms with van der Waals surface area (Å²) in [7, 11) is 0. The summed E-state index contributed by atoms with van der Waals surface area (Å²) in [6, 6.07) is 0. The molecule has 0 saturated heterocycles. The molecule has 1 N–H and O–H groups in total. The van der Waals surface area contributed by atoms with Crippen LogP contribution in [0.1, 0.15) is 39.5 Å². The smallest absolute Gasteiger partial charge is 0.125 e. The molecule has 0 aromatic heterocycles. The van der Waals surface area contributed by atoms with Crippen molar-refractivity contribution in [3.63, 3.8) is 0 Å². The second-order valence-corrected chi connectivity index (χ2v) is 4.37. The molecule has 0 bridgehead atoms. The lowest BCUT2D eigenvalue weighted by Gasteiger charge is -2.38. The molecule has 0 amide bonds. The van der Waals surface area contributed by atoms with Gasteiger partial charge in [0, 0.05) is 0 Å². The van der Waals surface area contributed by atoms with Gasteiger partial charge in [0.2, 0.25) is 0 Å². The fourth-order valence-electron chi connectivity index (χ4n) is 1.95. The summed E-state index contributed by atoms with van der Waals surface area (Å²) in [5, 5.41) is 9.78. The molecule has 1 atom stereocenters. The van der Waals surface area contributed by atoms with Gasteiger partial charge in [0.05, 0.1) is 0 Å². The van der Waals surface area contributed by atoms with Crippen molar-refractivity contribution in [3.8, 4) is 12.3 Å². The molecule has 0 spiro atoms. The maximum Gasteiger partial charge on any atom is 0.125 e. The lowest BCUT2D eigenvalue weighted by atomic mass is 9.70. The number of aliphatic hydroxyl groups is 1. The molecule has 1 aliphatic carbocycles. The monoisotopic (exact) mass is 152 g/mol. The highest BCUT2D eigenvalue weighted by Crippen LogP contribution is 2.40. The van der Waals surface area contributed by atoms with Crippen LogP contribution in [0.25, 0.3) is 0 Å². The van der Waals surface area contributed by atoms with Gasteiger partial charge in [-0.2, -0.15) is 0 Å². The Hall–Kier alpha value is -0.480. The van der Waals surface area contributed by atoms with Crippen molar-refractivity contribution in [2.45, 2.75) is 45.1 Å². The highest BCUT2D eigenvalue weighted by Gasteiger charge is 2.36. The Balaban J connectivity index is 2.69. The van der Waals surface area contributed by atoms with Crippen LogP contribution in [0.15, 0.2) is 0 Å². The quantitative estimate of drug-likeness (QED) is 0.526. The van der Waals surface area contributed by atoms with Gasteiger partial charge in [0.1, 0.15) is 5.60 Å². The van der Waals surface area contributed by atoms with E-state index in [1.54, 1.807) is 0 Å². The first-order valence-electron chi connectivity index (χ1n) is 4.18. The Morgan fingerprint density at radius 3 is 2.36 bits per heavy atom. The minimum atomic E-state index is -0.818. The summed E-state index contributed by atoms with van der Waals surface area (Å²) in [6.45, 7) is 4.32. The van der Waals surface area contributed by atoms with Crippen LogP contribution < -0.4 is 0 Å². The molecule has 0 heterocycles. The molecule has 0 aromatic rings. The van der Waals surface area contributed by atoms with Crippen molar-refractivity contribution >= 4 is 0 Å². The van der Waals surface area contributed by atoms with E-state index in [0.717, 1.165) is 19.3 Å². The zero-order chi connectivity index (χ0) is 8.54. The zero-order valence-corrected chi connectivity index (χ0v) is 7.35. The highest BCUT2D eigenvalue weighted by molar-refractivity contribution is 5.10. The summed E-state index contributed by atoms with van der Waals surface area (Å²) < 4.78 is 0. The van der Waals surface area contributed by atoms with Crippen LogP contribution in [0.3, 0.4) is 0 Å². The van der Waals surface area contributed by atoms with Crippen molar-refractivity contribution in [3.05, 3.63) is 0 Å². The van der Waals surface area contributed by atoms with Gasteiger partial charge < -0.3 is 5.11 Å². The fraction of sp³-hybridized carbons (Fsp3) is 0.800. The van der Waals surface area contributed by atoms with Crippen LogP contribution in [0, 0.1) is 17.8 Å². The van der Waals surface area contributed by atoms with Crippen LogP contribution in [-0.4, -0.2) is 10.7 Å². The Bertz CT molecular complexity index is 188. The molecule has 1 aliphatic rings. The van der Waals surface area contributed by atoms with E-state index in [4.69, 9.17) is 6.42 Å². The third kappa shape index (κ3) is 1.97. The Kier molecular flexibility index (Phi) is 1.98. The first kappa shape index (κ1) is 8.62. The standard InChI is InChI=1S/C10H16O/c1-4-10(11)7-5-6-9(2,3)8-10/h1,11H,5-8H2,2-3H3/t10-/m0/s1. The molecule has 0 unspecified atom stereocenters. The van der Waals surface area contributed by atoms with E-state index in [1.807, 2.05) is 0 Å². The van der Waals surface area contributed by atoms with Crippen LogP contribution in [-0.2, 0) is 0 Å². The number of terminal acetylenes is 1. The molecule has 0 radical (unpaired) electrons. The number of rotatable bonds is 0. The SMILES string of the molecule is C#C[C@]1(O)CCCC(C)(C)C1. The van der Waals surface area contributed by atoms with E-state index in [2.05, 4.69) is 19.8 Å². The molecular weight excluding hydrogens is 136 g/mol. The van der Waals surface area contributed by atoms with E-state index in [-0.39, 0.29) is 5.41 Å². The van der Waals surface area contributed by atoms with E-state index >= 15 is 0 Å². The van der Waals surface area contributed by atoms with E-state index in [9.17, 15) is 5.11 Å². The van der Waals surface area contributed by atoms with Gasteiger partial charge in [-0.05, 0) is 31.1 Å². The predicted molar refractivity (Wildman–Crippen MR) is 46.0 cm³/mol. The minimum Gasteiger partial charge on any atom is -0.378 e. The molecule has 1 rings (SSSR count). The van der Waals surface area contributed by atoms with Crippen molar-refractivity contribution in [1.29, 1.82) is 0 Å². The van der Waals surface area contributed by atoms with Gasteiger partial charge >= 0.3 is 0 Å². The van der Waals surface area contributed by atoms with Crippen molar-refractivity contribution < 1.29 is 5.11 Å². The lowest BCUT2D eigenvalue weighted by Crippen LogP contribution is -2.37. The topological polar surface area (TPSA) is 20.2 Å². The molecule has 1 fully saturated rings. The van der Waals surface area contributed by atoms with Gasteiger partial charge in [-0.1, -0.05) is 19.8 Å². The van der Waals surface area contributed by atoms with E-state index in [1.165, 1.54) is 6.42 Å². The summed E-state index contributed by atoms with van der Waals surface area (Å²) in [4.78, 5) is 0. The number of hydrogen-bond donors (Lipinski definition) is 1. The summed E-state index contributed by atoms with van der Waals surface area (Å²) in [6.07, 6.45) is 9.00. The molecular formula is C10H16O. The molecule has 0 aliphatic heterocycles. The Morgan fingerprint density at radius 1 is 1.36 bits per heavy atom. The first-order valence-corrected chi connectivity index (χ1v) is 4.18. The average molecular weight is 152 g/mol. The molecule has 11 heavy (non-hydrogen) atoms. The predicted octanol–water partition coefficient (Wildman–Crippen LogP) is 1.95. The maximum atomic E-state index is 9.78. The molecule has 1 saturated carbocycles. The minimum absolute atomic E-state index is 0.222. The average Bonchev–Trinajstić information content (AvgIpc) is 1.85. The van der Waals surface area contributed by atoms with Gasteiger partial charge in [-0.25, -0.2) is 0 Å². The third-order valence-electron chi connectivity index (χ3n) is 2.48. The molecule has 1 nitrogen and oxygen atoms in total. The van der Waals surface area contributed by atoms with Crippen LogP contribution in [0.5, 0.6) is 0 Å². The van der Waals surface area contributed by atoms with Gasteiger partial charge in [-0.3, -0.25) is 0 Å². The Labute approximate surface area is 68.8 Å². The van der Waals surface area contributed by atoms with Crippen molar-refractivity contribution in [2.75, 3.05) is 0 Å². The molecule has 1 heteroatoms. The van der Waals surface area contributed by atoms with Crippen LogP contribution >= 0.6 is 0 Å². The summed E-state index contributed by atoms with van der Waals surface area (Å²) in [5.41, 5.74) is -0.596. The Morgan fingerprint density at radius 2 is 2.00 bits per heavy atom. The highest BCUT2D eigenvalue weighted by atomic mass is 16.3. The maximum absolute atomic E-state index is 9.78. The summed E-state index contributed by atoms with van der Waals surface area (Å²) in [5.74, 6) is 2.49. The van der Waals surface area contributed by atoms with Crippen LogP contribution in [0.2, 0.25) is 0 Å². The second kappa shape index (κ2) is 2.53. The largest absolute Gasteiger partial charge is 0.378 e. The molecule has 62 valence electrons. The third-order valence-corrected chi connectivity index (χ3v) is 2.48. The van der Waals surface area contributed by atoms with E-state index < -0.39 is 5.60 Å². The zero-order valence-electron chi connectivity index (χ0n) is 7.35. The normalized spacial score (nSPS) is 36.2. The van der Waals surface area contributed by atoms with Crippen molar-refractivity contribution in [2.24, 2.45) is 5.41 Å². The van der Waals surface area contributed by atoms with Gasteiger partial charge in [0.25, 0.3) is 0 Å². The van der Waals surface area contributed by atoms with E-state index in [0.29, 0.717) is 0 Å². The van der Waals surface area contributed by atoms with Crippen molar-refractivity contribution in [1.82, 2.24) is 0 Å². The lowest BCUT2D eigenvalue weighted by molar-refractivity contribution is 0.00937. The van der Waals surface area contributed by atoms with Gasteiger partial charge in [0.15, 0.2) is 0 Å². The molecule has 0 aromatic carbocycles. The van der Waals surface area contributed by atoms with Crippen LogP contribution in [0.4, 0.5) is 0 Å². The number of hydrogen-bond acceptors (Lipinski definition) is 1. The fourth-order valence-corrected chi connectivity index (χ4v) is 1.95. The van der Waals surface area contributed by atoms with Gasteiger partial charge in [-0.15, -0.1) is 6.42 Å². The first-order chi connectivity index (χ1) is 4.97.